The molecule has 0 spiro atoms. The number of phenols is 1. The molecule has 2 aromatic carbocycles. The third-order valence-corrected chi connectivity index (χ3v) is 4.17. The minimum atomic E-state index is -1.17. The number of aromatic hydroxyl groups is 1. The summed E-state index contributed by atoms with van der Waals surface area (Å²) in [4.78, 5) is 34.9. The fourth-order valence-electron chi connectivity index (χ4n) is 2.72. The van der Waals surface area contributed by atoms with E-state index in [1.807, 2.05) is 31.2 Å². The van der Waals surface area contributed by atoms with Gasteiger partial charge in [-0.05, 0) is 36.2 Å². The number of phenolic OH excluding ortho intramolecular Hbond substituents is 1. The number of nitrogens with zero attached hydrogens (tertiary/aromatic N) is 1. The molecule has 28 heavy (non-hydrogen) atoms. The second kappa shape index (κ2) is 7.79. The largest absolute Gasteiger partial charge is 0.507 e. The van der Waals surface area contributed by atoms with Crippen LogP contribution in [0.2, 0.25) is 0 Å². The quantitative estimate of drug-likeness (QED) is 0.633. The second-order valence-corrected chi connectivity index (χ2v) is 6.33. The normalized spacial score (nSPS) is 10.5. The van der Waals surface area contributed by atoms with Crippen molar-refractivity contribution in [1.29, 1.82) is 0 Å². The highest BCUT2D eigenvalue weighted by molar-refractivity contribution is 6.06. The number of pyridine rings is 1. The molecule has 1 heterocycles. The van der Waals surface area contributed by atoms with Gasteiger partial charge in [-0.3, -0.25) is 14.4 Å². The molecule has 0 saturated heterocycles. The smallest absolute Gasteiger partial charge is 0.323 e. The van der Waals surface area contributed by atoms with Gasteiger partial charge in [0.05, 0.1) is 11.3 Å². The molecule has 3 aromatic rings. The van der Waals surface area contributed by atoms with Crippen molar-refractivity contribution in [3.8, 4) is 16.9 Å². The number of carbonyl (C=O) groups is 2. The van der Waals surface area contributed by atoms with Crippen molar-refractivity contribution in [2.75, 3.05) is 5.32 Å². The average Bonchev–Trinajstić information content (AvgIpc) is 2.64. The summed E-state index contributed by atoms with van der Waals surface area (Å²) < 4.78 is 0.971. The summed E-state index contributed by atoms with van der Waals surface area (Å²) in [6.45, 7) is 1.47. The van der Waals surface area contributed by atoms with Crippen molar-refractivity contribution >= 4 is 17.6 Å². The molecule has 7 nitrogen and oxygen atoms in total. The van der Waals surface area contributed by atoms with Gasteiger partial charge in [-0.1, -0.05) is 35.9 Å². The van der Waals surface area contributed by atoms with Gasteiger partial charge >= 0.3 is 5.97 Å². The lowest BCUT2D eigenvalue weighted by Gasteiger charge is -2.10. The first kappa shape index (κ1) is 18.9. The van der Waals surface area contributed by atoms with Gasteiger partial charge in [0.25, 0.3) is 11.5 Å². The third kappa shape index (κ3) is 4.27. The zero-order chi connectivity index (χ0) is 20.3. The van der Waals surface area contributed by atoms with Crippen LogP contribution in [-0.4, -0.2) is 26.7 Å². The molecule has 0 atom stereocenters. The number of carboxylic acid groups (broad SMARTS) is 1. The van der Waals surface area contributed by atoms with Gasteiger partial charge in [-0.2, -0.15) is 0 Å². The molecule has 1 aromatic heterocycles. The molecule has 0 aliphatic heterocycles. The Bertz CT molecular complexity index is 1100. The van der Waals surface area contributed by atoms with E-state index in [9.17, 15) is 19.5 Å². The summed E-state index contributed by atoms with van der Waals surface area (Å²) in [6, 6.07) is 15.0. The maximum absolute atomic E-state index is 12.5. The number of rotatable bonds is 5. The summed E-state index contributed by atoms with van der Waals surface area (Å²) in [5.74, 6) is -1.93. The van der Waals surface area contributed by atoms with E-state index in [1.54, 1.807) is 6.07 Å². The zero-order valence-corrected chi connectivity index (χ0v) is 15.0. The molecule has 0 radical (unpaired) electrons. The van der Waals surface area contributed by atoms with Gasteiger partial charge in [-0.15, -0.1) is 0 Å². The zero-order valence-electron chi connectivity index (χ0n) is 15.0. The number of carboxylic acids is 1. The standard InChI is InChI=1S/C21H18N2O5/c1-13-2-4-14(5-3-13)15-6-8-17(18(24)10-15)21(28)22-16-7-9-19(25)23(11-16)12-20(26)27/h2-11,24H,12H2,1H3,(H,22,28)(H,26,27). The van der Waals surface area contributed by atoms with Crippen molar-refractivity contribution < 1.29 is 19.8 Å². The van der Waals surface area contributed by atoms with Crippen LogP contribution in [-0.2, 0) is 11.3 Å². The van der Waals surface area contributed by atoms with E-state index in [2.05, 4.69) is 5.32 Å². The Balaban J connectivity index is 1.82. The third-order valence-electron chi connectivity index (χ3n) is 4.17. The Morgan fingerprint density at radius 1 is 1.00 bits per heavy atom. The van der Waals surface area contributed by atoms with Gasteiger partial charge in [0.2, 0.25) is 0 Å². The molecule has 1 amide bonds. The van der Waals surface area contributed by atoms with Gasteiger partial charge in [0.1, 0.15) is 12.3 Å². The van der Waals surface area contributed by atoms with Gasteiger partial charge < -0.3 is 20.1 Å². The van der Waals surface area contributed by atoms with Crippen LogP contribution in [0.1, 0.15) is 15.9 Å². The molecule has 7 heteroatoms. The SMILES string of the molecule is Cc1ccc(-c2ccc(C(=O)Nc3ccc(=O)n(CC(=O)O)c3)c(O)c2)cc1. The van der Waals surface area contributed by atoms with Crippen LogP contribution in [0.4, 0.5) is 5.69 Å². The van der Waals surface area contributed by atoms with Crippen molar-refractivity contribution in [3.63, 3.8) is 0 Å². The van der Waals surface area contributed by atoms with Crippen LogP contribution in [0.15, 0.2) is 65.6 Å². The van der Waals surface area contributed by atoms with E-state index in [0.717, 1.165) is 21.3 Å². The first-order valence-corrected chi connectivity index (χ1v) is 8.47. The van der Waals surface area contributed by atoms with E-state index >= 15 is 0 Å². The molecule has 142 valence electrons. The van der Waals surface area contributed by atoms with E-state index < -0.39 is 24.0 Å². The Morgan fingerprint density at radius 3 is 2.32 bits per heavy atom. The lowest BCUT2D eigenvalue weighted by Crippen LogP contribution is -2.24. The minimum absolute atomic E-state index is 0.0619. The predicted octanol–water partition coefficient (Wildman–Crippen LogP) is 2.87. The average molecular weight is 378 g/mol. The van der Waals surface area contributed by atoms with Crippen LogP contribution in [0.3, 0.4) is 0 Å². The molecule has 0 bridgehead atoms. The second-order valence-electron chi connectivity index (χ2n) is 6.33. The summed E-state index contributed by atoms with van der Waals surface area (Å²) >= 11 is 0. The highest BCUT2D eigenvalue weighted by Gasteiger charge is 2.13. The lowest BCUT2D eigenvalue weighted by atomic mass is 10.0. The summed E-state index contributed by atoms with van der Waals surface area (Å²) in [7, 11) is 0. The van der Waals surface area contributed by atoms with Crippen molar-refractivity contribution in [2.45, 2.75) is 13.5 Å². The molecular weight excluding hydrogens is 360 g/mol. The van der Waals surface area contributed by atoms with Gasteiger partial charge in [0, 0.05) is 12.3 Å². The number of aliphatic carboxylic acids is 1. The predicted molar refractivity (Wildman–Crippen MR) is 105 cm³/mol. The topological polar surface area (TPSA) is 109 Å². The number of benzene rings is 2. The summed E-state index contributed by atoms with van der Waals surface area (Å²) in [5.41, 5.74) is 2.61. The van der Waals surface area contributed by atoms with E-state index in [0.29, 0.717) is 0 Å². The number of hydrogen-bond donors (Lipinski definition) is 3. The maximum atomic E-state index is 12.5. The van der Waals surface area contributed by atoms with Crippen LogP contribution in [0.5, 0.6) is 5.75 Å². The number of hydrogen-bond acceptors (Lipinski definition) is 4. The lowest BCUT2D eigenvalue weighted by molar-refractivity contribution is -0.137. The van der Waals surface area contributed by atoms with E-state index in [-0.39, 0.29) is 17.0 Å². The molecule has 0 aliphatic carbocycles. The molecule has 0 unspecified atom stereocenters. The molecule has 0 aliphatic rings. The fourth-order valence-corrected chi connectivity index (χ4v) is 2.72. The summed E-state index contributed by atoms with van der Waals surface area (Å²) in [6.07, 6.45) is 1.24. The monoisotopic (exact) mass is 378 g/mol. The Hall–Kier alpha value is -3.87. The van der Waals surface area contributed by atoms with Gasteiger partial charge in [-0.25, -0.2) is 0 Å². The Labute approximate surface area is 160 Å². The van der Waals surface area contributed by atoms with Crippen LogP contribution < -0.4 is 10.9 Å². The van der Waals surface area contributed by atoms with Crippen LogP contribution in [0.25, 0.3) is 11.1 Å². The number of anilines is 1. The minimum Gasteiger partial charge on any atom is -0.507 e. The molecular formula is C21H18N2O5. The van der Waals surface area contributed by atoms with E-state index in [1.165, 1.54) is 30.5 Å². The molecule has 0 saturated carbocycles. The first-order valence-electron chi connectivity index (χ1n) is 8.47. The Kier molecular flexibility index (Phi) is 5.26. The number of aromatic nitrogens is 1. The number of nitrogens with one attached hydrogen (secondary N) is 1. The van der Waals surface area contributed by atoms with E-state index in [4.69, 9.17) is 5.11 Å². The van der Waals surface area contributed by atoms with Crippen molar-refractivity contribution in [3.05, 3.63) is 82.3 Å². The van der Waals surface area contributed by atoms with Crippen LogP contribution in [0, 0.1) is 6.92 Å². The van der Waals surface area contributed by atoms with Gasteiger partial charge in [0.15, 0.2) is 0 Å². The number of amides is 1. The van der Waals surface area contributed by atoms with Crippen molar-refractivity contribution in [1.82, 2.24) is 4.57 Å². The highest BCUT2D eigenvalue weighted by atomic mass is 16.4. The number of carbonyl (C=O) groups excluding carboxylic acids is 1. The highest BCUT2D eigenvalue weighted by Crippen LogP contribution is 2.27. The molecule has 3 rings (SSSR count). The maximum Gasteiger partial charge on any atom is 0.323 e. The van der Waals surface area contributed by atoms with Crippen LogP contribution >= 0.6 is 0 Å². The Morgan fingerprint density at radius 2 is 1.68 bits per heavy atom. The fraction of sp³-hybridized carbons (Fsp3) is 0.0952. The molecule has 3 N–H and O–H groups in total. The molecule has 0 fully saturated rings. The number of aryl methyl sites for hydroxylation is 1. The summed E-state index contributed by atoms with van der Waals surface area (Å²) in [5, 5.41) is 21.7. The first-order chi connectivity index (χ1) is 13.3. The van der Waals surface area contributed by atoms with Crippen molar-refractivity contribution in [2.24, 2.45) is 0 Å².